The van der Waals surface area contributed by atoms with Gasteiger partial charge in [-0.1, -0.05) is 6.07 Å². The van der Waals surface area contributed by atoms with E-state index in [-0.39, 0.29) is 10.5 Å². The number of esters is 1. The molecule has 1 aromatic rings. The van der Waals surface area contributed by atoms with Gasteiger partial charge in [-0.25, -0.2) is 17.9 Å². The summed E-state index contributed by atoms with van der Waals surface area (Å²) in [4.78, 5) is 24.0. The predicted molar refractivity (Wildman–Crippen MR) is 96.3 cm³/mol. The molecule has 1 amide bonds. The van der Waals surface area contributed by atoms with Crippen LogP contribution in [-0.4, -0.2) is 52.2 Å². The number of rotatable bonds is 8. The lowest BCUT2D eigenvalue weighted by atomic mass is 10.1. The number of methoxy groups -OCH3 is 1. The van der Waals surface area contributed by atoms with Crippen molar-refractivity contribution in [1.29, 1.82) is 0 Å². The van der Waals surface area contributed by atoms with Gasteiger partial charge in [-0.05, 0) is 45.9 Å². The SMILES string of the molecule is COCCNC(=O)[C@@H](C)OC(=O)c1cccc(S(=O)(=O)NC(C)(C)C)c1. The summed E-state index contributed by atoms with van der Waals surface area (Å²) in [5.41, 5.74) is -0.622. The van der Waals surface area contributed by atoms with Gasteiger partial charge in [-0.3, -0.25) is 4.79 Å². The minimum atomic E-state index is -3.78. The summed E-state index contributed by atoms with van der Waals surface area (Å²) in [7, 11) is -2.28. The van der Waals surface area contributed by atoms with Crippen LogP contribution in [0.5, 0.6) is 0 Å². The fraction of sp³-hybridized carbons (Fsp3) is 0.529. The summed E-state index contributed by atoms with van der Waals surface area (Å²) in [6, 6.07) is 5.46. The number of carbonyl (C=O) groups excluding carboxylic acids is 2. The van der Waals surface area contributed by atoms with Crippen LogP contribution in [0.2, 0.25) is 0 Å². The van der Waals surface area contributed by atoms with E-state index >= 15 is 0 Å². The van der Waals surface area contributed by atoms with E-state index in [0.29, 0.717) is 13.2 Å². The van der Waals surface area contributed by atoms with E-state index in [1.807, 2.05) is 0 Å². The van der Waals surface area contributed by atoms with Gasteiger partial charge in [0.05, 0.1) is 17.1 Å². The van der Waals surface area contributed by atoms with Crippen LogP contribution in [0.15, 0.2) is 29.2 Å². The molecule has 0 aliphatic carbocycles. The molecule has 0 saturated carbocycles. The van der Waals surface area contributed by atoms with Gasteiger partial charge < -0.3 is 14.8 Å². The lowest BCUT2D eigenvalue weighted by Gasteiger charge is -2.20. The quantitative estimate of drug-likeness (QED) is 0.511. The molecule has 0 bridgehead atoms. The highest BCUT2D eigenvalue weighted by atomic mass is 32.2. The molecular formula is C17H26N2O6S. The van der Waals surface area contributed by atoms with Crippen molar-refractivity contribution in [1.82, 2.24) is 10.0 Å². The third-order valence-electron chi connectivity index (χ3n) is 3.08. The van der Waals surface area contributed by atoms with Crippen molar-refractivity contribution < 1.29 is 27.5 Å². The molecule has 1 rings (SSSR count). The standard InChI is InChI=1S/C17H26N2O6S/c1-12(15(20)18-9-10-24-5)25-16(21)13-7-6-8-14(11-13)26(22,23)19-17(2,3)4/h6-8,11-12,19H,9-10H2,1-5H3,(H,18,20)/t12-/m1/s1. The average molecular weight is 386 g/mol. The largest absolute Gasteiger partial charge is 0.449 e. The molecule has 0 spiro atoms. The van der Waals surface area contributed by atoms with Crippen LogP contribution in [0.3, 0.4) is 0 Å². The van der Waals surface area contributed by atoms with Gasteiger partial charge >= 0.3 is 5.97 Å². The lowest BCUT2D eigenvalue weighted by Crippen LogP contribution is -2.40. The molecule has 8 nitrogen and oxygen atoms in total. The molecule has 1 atom stereocenters. The van der Waals surface area contributed by atoms with Crippen LogP contribution in [0.25, 0.3) is 0 Å². The first kappa shape index (κ1) is 22.1. The summed E-state index contributed by atoms with van der Waals surface area (Å²) >= 11 is 0. The smallest absolute Gasteiger partial charge is 0.338 e. The maximum atomic E-state index is 12.4. The van der Waals surface area contributed by atoms with Crippen LogP contribution in [-0.2, 0) is 24.3 Å². The topological polar surface area (TPSA) is 111 Å². The maximum Gasteiger partial charge on any atom is 0.338 e. The van der Waals surface area contributed by atoms with Crippen LogP contribution < -0.4 is 10.0 Å². The second kappa shape index (κ2) is 9.11. The highest BCUT2D eigenvalue weighted by molar-refractivity contribution is 7.89. The molecule has 0 heterocycles. The fourth-order valence-corrected chi connectivity index (χ4v) is 3.42. The molecule has 0 fully saturated rings. The van der Waals surface area contributed by atoms with Gasteiger partial charge in [0.2, 0.25) is 10.0 Å². The molecule has 146 valence electrons. The van der Waals surface area contributed by atoms with E-state index in [9.17, 15) is 18.0 Å². The summed E-state index contributed by atoms with van der Waals surface area (Å²) in [5, 5.41) is 2.55. The van der Waals surface area contributed by atoms with Gasteiger partial charge in [-0.15, -0.1) is 0 Å². The molecular weight excluding hydrogens is 360 g/mol. The first-order valence-corrected chi connectivity index (χ1v) is 9.56. The summed E-state index contributed by atoms with van der Waals surface area (Å²) in [6.45, 7) is 7.21. The van der Waals surface area contributed by atoms with E-state index in [1.165, 1.54) is 38.3 Å². The van der Waals surface area contributed by atoms with Crippen LogP contribution in [0, 0.1) is 0 Å². The molecule has 26 heavy (non-hydrogen) atoms. The van der Waals surface area contributed by atoms with Crippen molar-refractivity contribution in [2.75, 3.05) is 20.3 Å². The minimum Gasteiger partial charge on any atom is -0.449 e. The minimum absolute atomic E-state index is 0.0401. The number of amides is 1. The molecule has 0 aliphatic heterocycles. The molecule has 2 N–H and O–H groups in total. The van der Waals surface area contributed by atoms with E-state index in [2.05, 4.69) is 10.0 Å². The summed E-state index contributed by atoms with van der Waals surface area (Å²) < 4.78 is 37.1. The second-order valence-corrected chi connectivity index (χ2v) is 8.40. The van der Waals surface area contributed by atoms with Gasteiger partial charge in [-0.2, -0.15) is 0 Å². The van der Waals surface area contributed by atoms with Gasteiger partial charge in [0, 0.05) is 19.2 Å². The Hall–Kier alpha value is -1.97. The van der Waals surface area contributed by atoms with E-state index in [1.54, 1.807) is 20.8 Å². The summed E-state index contributed by atoms with van der Waals surface area (Å²) in [6.07, 6.45) is -1.02. The Bertz CT molecular complexity index is 740. The Balaban J connectivity index is 2.84. The number of carbonyl (C=O) groups is 2. The molecule has 0 unspecified atom stereocenters. The van der Waals surface area contributed by atoms with Gasteiger partial charge in [0.1, 0.15) is 0 Å². The zero-order valence-electron chi connectivity index (χ0n) is 15.7. The van der Waals surface area contributed by atoms with Crippen molar-refractivity contribution >= 4 is 21.9 Å². The molecule has 9 heteroatoms. The molecule has 0 aromatic heterocycles. The zero-order valence-corrected chi connectivity index (χ0v) is 16.5. The Labute approximate surface area is 154 Å². The molecule has 0 aliphatic rings. The van der Waals surface area contributed by atoms with Crippen molar-refractivity contribution in [3.8, 4) is 0 Å². The highest BCUT2D eigenvalue weighted by Gasteiger charge is 2.24. The predicted octanol–water partition coefficient (Wildman–Crippen LogP) is 1.07. The van der Waals surface area contributed by atoms with Crippen LogP contribution in [0.1, 0.15) is 38.1 Å². The lowest BCUT2D eigenvalue weighted by molar-refractivity contribution is -0.129. The number of hydrogen-bond donors (Lipinski definition) is 2. The Morgan fingerprint density at radius 1 is 1.23 bits per heavy atom. The van der Waals surface area contributed by atoms with E-state index < -0.39 is 33.5 Å². The van der Waals surface area contributed by atoms with Crippen LogP contribution in [0.4, 0.5) is 0 Å². The normalized spacial score (nSPS) is 13.1. The number of hydrogen-bond acceptors (Lipinski definition) is 6. The Morgan fingerprint density at radius 2 is 1.88 bits per heavy atom. The number of sulfonamides is 1. The van der Waals surface area contributed by atoms with Crippen LogP contribution >= 0.6 is 0 Å². The van der Waals surface area contributed by atoms with Crippen molar-refractivity contribution in [3.63, 3.8) is 0 Å². The molecule has 0 radical (unpaired) electrons. The van der Waals surface area contributed by atoms with Gasteiger partial charge in [0.15, 0.2) is 6.10 Å². The third kappa shape index (κ3) is 7.11. The first-order valence-electron chi connectivity index (χ1n) is 8.08. The van der Waals surface area contributed by atoms with Crippen molar-refractivity contribution in [2.45, 2.75) is 44.2 Å². The van der Waals surface area contributed by atoms with E-state index in [4.69, 9.17) is 9.47 Å². The third-order valence-corrected chi connectivity index (χ3v) is 4.83. The number of benzene rings is 1. The Kier molecular flexibility index (Phi) is 7.73. The number of nitrogens with one attached hydrogen (secondary N) is 2. The zero-order chi connectivity index (χ0) is 20.0. The fourth-order valence-electron chi connectivity index (χ4n) is 1.95. The second-order valence-electron chi connectivity index (χ2n) is 6.71. The van der Waals surface area contributed by atoms with Crippen molar-refractivity contribution in [2.24, 2.45) is 0 Å². The monoisotopic (exact) mass is 386 g/mol. The molecule has 1 aromatic carbocycles. The maximum absolute atomic E-state index is 12.4. The summed E-state index contributed by atoms with van der Waals surface area (Å²) in [5.74, 6) is -1.25. The Morgan fingerprint density at radius 3 is 2.46 bits per heavy atom. The highest BCUT2D eigenvalue weighted by Crippen LogP contribution is 2.15. The van der Waals surface area contributed by atoms with Gasteiger partial charge in [0.25, 0.3) is 5.91 Å². The average Bonchev–Trinajstić information content (AvgIpc) is 2.52. The van der Waals surface area contributed by atoms with Crippen molar-refractivity contribution in [3.05, 3.63) is 29.8 Å². The molecule has 0 saturated heterocycles. The first-order chi connectivity index (χ1) is 12.0. The van der Waals surface area contributed by atoms with E-state index in [0.717, 1.165) is 0 Å². The number of ether oxygens (including phenoxy) is 2.